The highest BCUT2D eigenvalue weighted by molar-refractivity contribution is 8.13. The molecule has 1 aromatic carbocycles. The molecule has 0 spiro atoms. The summed E-state index contributed by atoms with van der Waals surface area (Å²) in [5.41, 5.74) is 2.39. The SMILES string of the molecule is CCCc1nc(S(=O)(=O)Cl)cn1Cc1ccc(CC)cc1. The van der Waals surface area contributed by atoms with Crippen LogP contribution in [0.5, 0.6) is 0 Å². The lowest BCUT2D eigenvalue weighted by atomic mass is 10.1. The molecule has 0 atom stereocenters. The normalized spacial score (nSPS) is 11.8. The van der Waals surface area contributed by atoms with Gasteiger partial charge in [-0.2, -0.15) is 0 Å². The van der Waals surface area contributed by atoms with E-state index in [2.05, 4.69) is 36.2 Å². The molecule has 4 nitrogen and oxygen atoms in total. The highest BCUT2D eigenvalue weighted by Gasteiger charge is 2.17. The van der Waals surface area contributed by atoms with Gasteiger partial charge in [-0.15, -0.1) is 0 Å². The number of hydrogen-bond donors (Lipinski definition) is 0. The zero-order valence-electron chi connectivity index (χ0n) is 12.2. The van der Waals surface area contributed by atoms with Crippen LogP contribution in [0.1, 0.15) is 37.2 Å². The van der Waals surface area contributed by atoms with Crippen molar-refractivity contribution in [3.8, 4) is 0 Å². The van der Waals surface area contributed by atoms with E-state index in [4.69, 9.17) is 10.7 Å². The van der Waals surface area contributed by atoms with Gasteiger partial charge in [-0.05, 0) is 24.0 Å². The maximum Gasteiger partial charge on any atom is 0.280 e. The van der Waals surface area contributed by atoms with Gasteiger partial charge in [0.05, 0.1) is 0 Å². The van der Waals surface area contributed by atoms with Crippen LogP contribution in [-0.4, -0.2) is 18.0 Å². The zero-order valence-corrected chi connectivity index (χ0v) is 13.8. The van der Waals surface area contributed by atoms with E-state index in [9.17, 15) is 8.42 Å². The van der Waals surface area contributed by atoms with E-state index in [1.165, 1.54) is 11.8 Å². The summed E-state index contributed by atoms with van der Waals surface area (Å²) in [6.45, 7) is 4.74. The number of halogens is 1. The number of nitrogens with zero attached hydrogens (tertiary/aromatic N) is 2. The Kier molecular flexibility index (Phi) is 5.06. The Morgan fingerprint density at radius 1 is 1.14 bits per heavy atom. The molecular formula is C15H19ClN2O2S. The number of imidazole rings is 1. The fraction of sp³-hybridized carbons (Fsp3) is 0.400. The van der Waals surface area contributed by atoms with Gasteiger partial charge in [-0.1, -0.05) is 38.1 Å². The average molecular weight is 327 g/mol. The summed E-state index contributed by atoms with van der Waals surface area (Å²) in [5.74, 6) is 0.747. The van der Waals surface area contributed by atoms with Gasteiger partial charge in [0.2, 0.25) is 0 Å². The first kappa shape index (κ1) is 16.0. The lowest BCUT2D eigenvalue weighted by Gasteiger charge is -2.07. The van der Waals surface area contributed by atoms with E-state index < -0.39 is 9.05 Å². The van der Waals surface area contributed by atoms with Gasteiger partial charge in [0, 0.05) is 29.8 Å². The zero-order chi connectivity index (χ0) is 15.5. The summed E-state index contributed by atoms with van der Waals surface area (Å²) < 4.78 is 24.7. The molecule has 1 aromatic heterocycles. The van der Waals surface area contributed by atoms with E-state index in [1.54, 1.807) is 0 Å². The molecule has 0 radical (unpaired) electrons. The fourth-order valence-corrected chi connectivity index (χ4v) is 2.87. The summed E-state index contributed by atoms with van der Waals surface area (Å²) in [6.07, 6.45) is 4.13. The molecule has 114 valence electrons. The van der Waals surface area contributed by atoms with Crippen molar-refractivity contribution in [2.24, 2.45) is 0 Å². The van der Waals surface area contributed by atoms with E-state index >= 15 is 0 Å². The number of hydrogen-bond acceptors (Lipinski definition) is 3. The molecule has 21 heavy (non-hydrogen) atoms. The maximum atomic E-state index is 11.4. The second kappa shape index (κ2) is 6.62. The van der Waals surface area contributed by atoms with E-state index in [-0.39, 0.29) is 5.03 Å². The van der Waals surface area contributed by atoms with Crippen molar-refractivity contribution in [1.82, 2.24) is 9.55 Å². The third-order valence-electron chi connectivity index (χ3n) is 3.34. The first-order chi connectivity index (χ1) is 9.94. The standard InChI is InChI=1S/C15H19ClN2O2S/c1-3-5-14-17-15(21(16,19)20)11-18(14)10-13-8-6-12(4-2)7-9-13/h6-9,11H,3-5,10H2,1-2H3. The molecule has 0 saturated heterocycles. The van der Waals surface area contributed by atoms with Gasteiger partial charge in [0.1, 0.15) is 5.82 Å². The van der Waals surface area contributed by atoms with Crippen molar-refractivity contribution < 1.29 is 8.42 Å². The van der Waals surface area contributed by atoms with Crippen molar-refractivity contribution in [3.05, 3.63) is 47.4 Å². The molecular weight excluding hydrogens is 308 g/mol. The Bertz CT molecular complexity index is 706. The smallest absolute Gasteiger partial charge is 0.280 e. The van der Waals surface area contributed by atoms with Crippen LogP contribution in [0.3, 0.4) is 0 Å². The van der Waals surface area contributed by atoms with Crippen LogP contribution >= 0.6 is 10.7 Å². The van der Waals surface area contributed by atoms with Crippen LogP contribution in [0.15, 0.2) is 35.5 Å². The van der Waals surface area contributed by atoms with Gasteiger partial charge < -0.3 is 4.57 Å². The number of aromatic nitrogens is 2. The molecule has 6 heteroatoms. The molecule has 0 aliphatic heterocycles. The van der Waals surface area contributed by atoms with E-state index in [0.717, 1.165) is 30.7 Å². The van der Waals surface area contributed by atoms with Gasteiger partial charge in [-0.25, -0.2) is 13.4 Å². The fourth-order valence-electron chi connectivity index (χ4n) is 2.18. The summed E-state index contributed by atoms with van der Waals surface area (Å²) in [5, 5.41) is -0.0715. The molecule has 0 fully saturated rings. The Morgan fingerprint density at radius 3 is 2.29 bits per heavy atom. The third kappa shape index (κ3) is 4.08. The van der Waals surface area contributed by atoms with Crippen LogP contribution in [0.4, 0.5) is 0 Å². The molecule has 0 aliphatic carbocycles. The minimum atomic E-state index is -3.79. The minimum Gasteiger partial charge on any atom is -0.329 e. The Labute approximate surface area is 130 Å². The van der Waals surface area contributed by atoms with Crippen LogP contribution in [0.2, 0.25) is 0 Å². The van der Waals surface area contributed by atoms with Gasteiger partial charge in [0.25, 0.3) is 9.05 Å². The monoisotopic (exact) mass is 326 g/mol. The highest BCUT2D eigenvalue weighted by atomic mass is 35.7. The van der Waals surface area contributed by atoms with Crippen molar-refractivity contribution in [1.29, 1.82) is 0 Å². The van der Waals surface area contributed by atoms with Gasteiger partial charge >= 0.3 is 0 Å². The summed E-state index contributed by atoms with van der Waals surface area (Å²) in [7, 11) is 1.60. The summed E-state index contributed by atoms with van der Waals surface area (Å²) in [6, 6.07) is 8.29. The first-order valence-electron chi connectivity index (χ1n) is 7.02. The molecule has 0 aliphatic rings. The lowest BCUT2D eigenvalue weighted by Crippen LogP contribution is -2.04. The Hall–Kier alpha value is -1.33. The molecule has 2 rings (SSSR count). The Balaban J connectivity index is 2.30. The number of benzene rings is 1. The van der Waals surface area contributed by atoms with Gasteiger partial charge in [0.15, 0.2) is 5.03 Å². The summed E-state index contributed by atoms with van der Waals surface area (Å²) in [4.78, 5) is 4.14. The molecule has 2 aromatic rings. The van der Waals surface area contributed by atoms with E-state index in [0.29, 0.717) is 6.54 Å². The molecule has 0 saturated carbocycles. The van der Waals surface area contributed by atoms with Crippen molar-refractivity contribution >= 4 is 19.7 Å². The maximum absolute atomic E-state index is 11.4. The molecule has 0 amide bonds. The Morgan fingerprint density at radius 2 is 1.76 bits per heavy atom. The molecule has 0 bridgehead atoms. The van der Waals surface area contributed by atoms with Crippen LogP contribution in [-0.2, 0) is 28.4 Å². The van der Waals surface area contributed by atoms with Crippen LogP contribution in [0.25, 0.3) is 0 Å². The second-order valence-corrected chi connectivity index (χ2v) is 7.49. The van der Waals surface area contributed by atoms with Crippen molar-refractivity contribution in [3.63, 3.8) is 0 Å². The minimum absolute atomic E-state index is 0.0715. The van der Waals surface area contributed by atoms with Gasteiger partial charge in [-0.3, -0.25) is 0 Å². The summed E-state index contributed by atoms with van der Waals surface area (Å²) >= 11 is 0. The lowest BCUT2D eigenvalue weighted by molar-refractivity contribution is 0.606. The second-order valence-electron chi connectivity index (χ2n) is 4.98. The van der Waals surface area contributed by atoms with Crippen LogP contribution < -0.4 is 0 Å². The van der Waals surface area contributed by atoms with Crippen molar-refractivity contribution in [2.75, 3.05) is 0 Å². The third-order valence-corrected chi connectivity index (χ3v) is 4.52. The van der Waals surface area contributed by atoms with Crippen molar-refractivity contribution in [2.45, 2.75) is 44.7 Å². The average Bonchev–Trinajstić information content (AvgIpc) is 2.83. The first-order valence-corrected chi connectivity index (χ1v) is 9.33. The van der Waals surface area contributed by atoms with E-state index in [1.807, 2.05) is 11.5 Å². The largest absolute Gasteiger partial charge is 0.329 e. The number of rotatable bonds is 6. The highest BCUT2D eigenvalue weighted by Crippen LogP contribution is 2.17. The number of aryl methyl sites for hydroxylation is 2. The van der Waals surface area contributed by atoms with Crippen LogP contribution in [0, 0.1) is 0 Å². The quantitative estimate of drug-likeness (QED) is 0.765. The molecule has 1 heterocycles. The molecule has 0 N–H and O–H groups in total. The predicted octanol–water partition coefficient (Wildman–Crippen LogP) is 3.37. The predicted molar refractivity (Wildman–Crippen MR) is 84.2 cm³/mol. The topological polar surface area (TPSA) is 52.0 Å². The molecule has 0 unspecified atom stereocenters.